The third kappa shape index (κ3) is 3.47. The van der Waals surface area contributed by atoms with Crippen LogP contribution in [-0.4, -0.2) is 12.0 Å². The molecule has 24 heavy (non-hydrogen) atoms. The second kappa shape index (κ2) is 7.01. The topological polar surface area (TPSA) is 38.1 Å². The fourth-order valence-electron chi connectivity index (χ4n) is 2.33. The van der Waals surface area contributed by atoms with Crippen molar-refractivity contribution in [2.75, 3.05) is 12.4 Å². The lowest BCUT2D eigenvalue weighted by Crippen LogP contribution is -1.96. The Bertz CT molecular complexity index is 961. The van der Waals surface area contributed by atoms with Crippen molar-refractivity contribution >= 4 is 22.9 Å². The van der Waals surface area contributed by atoms with Crippen LogP contribution >= 0.6 is 0 Å². The number of benzene rings is 1. The zero-order chi connectivity index (χ0) is 16.9. The molecule has 0 saturated heterocycles. The number of hydrogen-bond donors (Lipinski definition) is 1. The number of furan rings is 1. The van der Waals surface area contributed by atoms with Crippen molar-refractivity contribution in [2.24, 2.45) is 0 Å². The van der Waals surface area contributed by atoms with E-state index < -0.39 is 5.95 Å². The Morgan fingerprint density at radius 1 is 1.25 bits per heavy atom. The van der Waals surface area contributed by atoms with Gasteiger partial charge in [-0.15, -0.1) is 0 Å². The highest BCUT2D eigenvalue weighted by Gasteiger charge is 2.02. The Hall–Kier alpha value is -3.06. The van der Waals surface area contributed by atoms with Crippen molar-refractivity contribution in [3.05, 3.63) is 65.3 Å². The van der Waals surface area contributed by atoms with Crippen LogP contribution in [0, 0.1) is 17.8 Å². The van der Waals surface area contributed by atoms with E-state index in [1.807, 2.05) is 12.1 Å². The van der Waals surface area contributed by atoms with Gasteiger partial charge in [0.05, 0.1) is 5.56 Å². The standard InChI is InChI=1S/C20H17FN2O/c1-3-14-8-10-18-16(12-14)13-17(24-18)7-5-4-6-15-9-11-19(22-2)23-20(15)21/h5,7-13H,3H2,1-2H3,(H,22,23)/b7-5+. The largest absolute Gasteiger partial charge is 0.457 e. The highest BCUT2D eigenvalue weighted by atomic mass is 19.1. The van der Waals surface area contributed by atoms with E-state index in [-0.39, 0.29) is 5.56 Å². The number of allylic oxidation sites excluding steroid dienone is 1. The number of pyridine rings is 1. The molecular formula is C20H17FN2O. The number of halogens is 1. The molecule has 0 bridgehead atoms. The van der Waals surface area contributed by atoms with Gasteiger partial charge < -0.3 is 9.73 Å². The van der Waals surface area contributed by atoms with E-state index in [0.717, 1.165) is 23.2 Å². The first kappa shape index (κ1) is 15.8. The summed E-state index contributed by atoms with van der Waals surface area (Å²) in [4.78, 5) is 3.75. The summed E-state index contributed by atoms with van der Waals surface area (Å²) < 4.78 is 19.4. The molecule has 1 aromatic carbocycles. The fraction of sp³-hybridized carbons (Fsp3) is 0.150. The number of nitrogens with one attached hydrogen (secondary N) is 1. The zero-order valence-corrected chi connectivity index (χ0v) is 13.6. The second-order valence-electron chi connectivity index (χ2n) is 5.26. The molecule has 0 fully saturated rings. The molecule has 0 unspecified atom stereocenters. The van der Waals surface area contributed by atoms with Gasteiger partial charge >= 0.3 is 0 Å². The molecule has 0 aliphatic rings. The van der Waals surface area contributed by atoms with Gasteiger partial charge in [-0.05, 0) is 54.5 Å². The molecule has 0 atom stereocenters. The number of hydrogen-bond acceptors (Lipinski definition) is 3. The SMILES string of the molecule is CCc1ccc2oc(/C=C/C#Cc3ccc(NC)nc3F)cc2c1. The van der Waals surface area contributed by atoms with Gasteiger partial charge in [0.15, 0.2) is 0 Å². The summed E-state index contributed by atoms with van der Waals surface area (Å²) in [7, 11) is 1.69. The van der Waals surface area contributed by atoms with Crippen LogP contribution in [0.2, 0.25) is 0 Å². The molecule has 0 spiro atoms. The van der Waals surface area contributed by atoms with Crippen molar-refractivity contribution in [1.29, 1.82) is 0 Å². The molecule has 4 heteroatoms. The average molecular weight is 320 g/mol. The molecule has 1 N–H and O–H groups in total. The maximum absolute atomic E-state index is 13.7. The van der Waals surface area contributed by atoms with Crippen LogP contribution in [0.5, 0.6) is 0 Å². The lowest BCUT2D eigenvalue weighted by atomic mass is 10.1. The minimum Gasteiger partial charge on any atom is -0.457 e. The number of rotatable bonds is 3. The van der Waals surface area contributed by atoms with Crippen molar-refractivity contribution in [1.82, 2.24) is 4.98 Å². The molecule has 3 aromatic rings. The second-order valence-corrected chi connectivity index (χ2v) is 5.26. The van der Waals surface area contributed by atoms with E-state index in [0.29, 0.717) is 5.82 Å². The quantitative estimate of drug-likeness (QED) is 0.564. The van der Waals surface area contributed by atoms with Gasteiger partial charge in [0.1, 0.15) is 17.2 Å². The summed E-state index contributed by atoms with van der Waals surface area (Å²) in [6.07, 6.45) is 4.40. The lowest BCUT2D eigenvalue weighted by Gasteiger charge is -1.98. The highest BCUT2D eigenvalue weighted by Crippen LogP contribution is 2.21. The number of fused-ring (bicyclic) bond motifs is 1. The number of aryl methyl sites for hydroxylation is 1. The predicted molar refractivity (Wildman–Crippen MR) is 95.2 cm³/mol. The van der Waals surface area contributed by atoms with Gasteiger partial charge in [0.25, 0.3) is 0 Å². The normalized spacial score (nSPS) is 10.8. The Balaban J connectivity index is 1.77. The predicted octanol–water partition coefficient (Wildman–Crippen LogP) is 4.64. The summed E-state index contributed by atoms with van der Waals surface area (Å²) in [5.41, 5.74) is 2.38. The third-order valence-corrected chi connectivity index (χ3v) is 3.65. The van der Waals surface area contributed by atoms with E-state index in [2.05, 4.69) is 41.2 Å². The van der Waals surface area contributed by atoms with Gasteiger partial charge in [-0.3, -0.25) is 0 Å². The smallest absolute Gasteiger partial charge is 0.230 e. The average Bonchev–Trinajstić information content (AvgIpc) is 3.01. The van der Waals surface area contributed by atoms with Crippen LogP contribution in [0.1, 0.15) is 23.8 Å². The maximum atomic E-state index is 13.7. The molecule has 3 nitrogen and oxygen atoms in total. The van der Waals surface area contributed by atoms with Crippen molar-refractivity contribution in [2.45, 2.75) is 13.3 Å². The molecule has 0 aliphatic heterocycles. The van der Waals surface area contributed by atoms with E-state index in [1.54, 1.807) is 31.3 Å². The van der Waals surface area contributed by atoms with Crippen LogP contribution < -0.4 is 5.32 Å². The van der Waals surface area contributed by atoms with Gasteiger partial charge in [-0.25, -0.2) is 4.98 Å². The van der Waals surface area contributed by atoms with E-state index in [4.69, 9.17) is 4.42 Å². The van der Waals surface area contributed by atoms with Crippen LogP contribution in [-0.2, 0) is 6.42 Å². The van der Waals surface area contributed by atoms with Gasteiger partial charge in [0, 0.05) is 12.4 Å². The summed E-state index contributed by atoms with van der Waals surface area (Å²) in [5, 5.41) is 3.85. The minimum absolute atomic E-state index is 0.260. The van der Waals surface area contributed by atoms with Crippen molar-refractivity contribution in [3.63, 3.8) is 0 Å². The first-order chi connectivity index (χ1) is 11.7. The number of nitrogens with zero attached hydrogens (tertiary/aromatic N) is 1. The fourth-order valence-corrected chi connectivity index (χ4v) is 2.33. The van der Waals surface area contributed by atoms with Crippen molar-refractivity contribution < 1.29 is 8.81 Å². The van der Waals surface area contributed by atoms with Crippen LogP contribution in [0.15, 0.2) is 46.9 Å². The molecule has 2 aromatic heterocycles. The summed E-state index contributed by atoms with van der Waals surface area (Å²) in [6.45, 7) is 2.12. The zero-order valence-electron chi connectivity index (χ0n) is 13.6. The molecule has 0 saturated carbocycles. The molecule has 0 radical (unpaired) electrons. The maximum Gasteiger partial charge on any atom is 0.230 e. The van der Waals surface area contributed by atoms with Crippen LogP contribution in [0.25, 0.3) is 17.0 Å². The highest BCUT2D eigenvalue weighted by molar-refractivity contribution is 5.80. The monoisotopic (exact) mass is 320 g/mol. The first-order valence-corrected chi connectivity index (χ1v) is 7.74. The van der Waals surface area contributed by atoms with Gasteiger partial charge in [0.2, 0.25) is 5.95 Å². The number of anilines is 1. The Morgan fingerprint density at radius 2 is 2.12 bits per heavy atom. The Morgan fingerprint density at radius 3 is 2.88 bits per heavy atom. The Kier molecular flexibility index (Phi) is 4.62. The van der Waals surface area contributed by atoms with E-state index in [9.17, 15) is 4.39 Å². The summed E-state index contributed by atoms with van der Waals surface area (Å²) >= 11 is 0. The minimum atomic E-state index is -0.585. The molecule has 2 heterocycles. The summed E-state index contributed by atoms with van der Waals surface area (Å²) in [6, 6.07) is 11.4. The van der Waals surface area contributed by atoms with E-state index >= 15 is 0 Å². The van der Waals surface area contributed by atoms with Crippen molar-refractivity contribution in [3.8, 4) is 11.8 Å². The molecule has 3 rings (SSSR count). The van der Waals surface area contributed by atoms with Crippen LogP contribution in [0.3, 0.4) is 0 Å². The molecule has 120 valence electrons. The molecule has 0 amide bonds. The first-order valence-electron chi connectivity index (χ1n) is 7.74. The summed E-state index contributed by atoms with van der Waals surface area (Å²) in [5.74, 6) is 6.16. The van der Waals surface area contributed by atoms with E-state index in [1.165, 1.54) is 5.56 Å². The van der Waals surface area contributed by atoms with Gasteiger partial charge in [-0.1, -0.05) is 24.8 Å². The number of aromatic nitrogens is 1. The molecular weight excluding hydrogens is 303 g/mol. The van der Waals surface area contributed by atoms with Gasteiger partial charge in [-0.2, -0.15) is 4.39 Å². The Labute approximate surface area is 140 Å². The third-order valence-electron chi connectivity index (χ3n) is 3.65. The lowest BCUT2D eigenvalue weighted by molar-refractivity contribution is 0.582. The van der Waals surface area contributed by atoms with Crippen LogP contribution in [0.4, 0.5) is 10.2 Å². The molecule has 0 aliphatic carbocycles.